The maximum absolute atomic E-state index is 5.21. The predicted molar refractivity (Wildman–Crippen MR) is 75.9 cm³/mol. The Morgan fingerprint density at radius 1 is 1.50 bits per heavy atom. The Labute approximate surface area is 112 Å². The van der Waals surface area contributed by atoms with E-state index >= 15 is 0 Å². The van der Waals surface area contributed by atoms with Crippen molar-refractivity contribution in [3.63, 3.8) is 0 Å². The lowest BCUT2D eigenvalue weighted by molar-refractivity contribution is 0.178. The largest absolute Gasteiger partial charge is 0.380 e. The summed E-state index contributed by atoms with van der Waals surface area (Å²) < 4.78 is 5.21. The van der Waals surface area contributed by atoms with Crippen LogP contribution in [0.4, 0.5) is 0 Å². The van der Waals surface area contributed by atoms with Crippen LogP contribution in [0, 0.1) is 0 Å². The maximum atomic E-state index is 5.21. The summed E-state index contributed by atoms with van der Waals surface area (Å²) in [5.74, 6) is 0. The molecule has 1 saturated carbocycles. The molecule has 0 bridgehead atoms. The number of nitrogens with one attached hydrogen (secondary N) is 1. The van der Waals surface area contributed by atoms with Gasteiger partial charge in [0.1, 0.15) is 0 Å². The molecular weight excluding hydrogens is 224 g/mol. The van der Waals surface area contributed by atoms with E-state index in [9.17, 15) is 0 Å². The van der Waals surface area contributed by atoms with Crippen LogP contribution in [-0.4, -0.2) is 50.3 Å². The van der Waals surface area contributed by atoms with Crippen molar-refractivity contribution < 1.29 is 4.74 Å². The summed E-state index contributed by atoms with van der Waals surface area (Å²) in [5.41, 5.74) is 1.47. The highest BCUT2D eigenvalue weighted by Gasteiger charge is 2.24. The van der Waals surface area contributed by atoms with Gasteiger partial charge in [0.05, 0.1) is 6.61 Å². The lowest BCUT2D eigenvalue weighted by atomic mass is 10.0. The van der Waals surface area contributed by atoms with Crippen molar-refractivity contribution in [2.45, 2.75) is 51.1 Å². The van der Waals surface area contributed by atoms with Crippen LogP contribution >= 0.6 is 0 Å². The smallest absolute Gasteiger partial charge is 0.0673 e. The first-order valence-electron chi connectivity index (χ1n) is 7.47. The molecular formula is C15H28N2O. The molecule has 1 heterocycles. The highest BCUT2D eigenvalue weighted by atomic mass is 16.5. The third kappa shape index (κ3) is 4.38. The van der Waals surface area contributed by atoms with Crippen LogP contribution < -0.4 is 5.32 Å². The summed E-state index contributed by atoms with van der Waals surface area (Å²) in [4.78, 5) is 2.64. The molecule has 0 aromatic rings. The Bertz CT molecular complexity index is 274. The van der Waals surface area contributed by atoms with Crippen molar-refractivity contribution in [1.82, 2.24) is 10.2 Å². The Morgan fingerprint density at radius 3 is 2.89 bits per heavy atom. The Kier molecular flexibility index (Phi) is 5.67. The summed E-state index contributed by atoms with van der Waals surface area (Å²) in [7, 11) is 1.78. The van der Waals surface area contributed by atoms with Crippen LogP contribution in [0.5, 0.6) is 0 Å². The topological polar surface area (TPSA) is 24.5 Å². The number of rotatable bonds is 8. The highest BCUT2D eigenvalue weighted by molar-refractivity contribution is 5.08. The molecule has 3 nitrogen and oxygen atoms in total. The molecule has 0 amide bonds. The molecule has 1 N–H and O–H groups in total. The zero-order chi connectivity index (χ0) is 12.8. The molecule has 0 aromatic heterocycles. The van der Waals surface area contributed by atoms with Gasteiger partial charge in [-0.15, -0.1) is 0 Å². The molecule has 1 aliphatic heterocycles. The first kappa shape index (κ1) is 14.0. The van der Waals surface area contributed by atoms with Crippen molar-refractivity contribution in [3.8, 4) is 0 Å². The Balaban J connectivity index is 1.78. The molecule has 104 valence electrons. The van der Waals surface area contributed by atoms with Crippen molar-refractivity contribution in [1.29, 1.82) is 0 Å². The van der Waals surface area contributed by atoms with E-state index in [0.717, 1.165) is 25.2 Å². The normalized spacial score (nSPS) is 22.9. The fourth-order valence-electron chi connectivity index (χ4n) is 2.71. The minimum absolute atomic E-state index is 0.718. The second-order valence-electron chi connectivity index (χ2n) is 5.67. The number of hydrogen-bond acceptors (Lipinski definition) is 3. The molecule has 1 fully saturated rings. The van der Waals surface area contributed by atoms with E-state index in [-0.39, 0.29) is 0 Å². The minimum Gasteiger partial charge on any atom is -0.380 e. The van der Waals surface area contributed by atoms with Crippen LogP contribution in [0.15, 0.2) is 11.6 Å². The van der Waals surface area contributed by atoms with Gasteiger partial charge in [-0.05, 0) is 31.3 Å². The van der Waals surface area contributed by atoms with E-state index in [4.69, 9.17) is 4.74 Å². The van der Waals surface area contributed by atoms with Gasteiger partial charge in [-0.25, -0.2) is 0 Å². The van der Waals surface area contributed by atoms with Crippen LogP contribution in [0.2, 0.25) is 0 Å². The zero-order valence-electron chi connectivity index (χ0n) is 12.0. The zero-order valence-corrected chi connectivity index (χ0v) is 12.0. The standard InChI is InChI=1S/C15H28N2O/c1-3-4-15(11-16-14-5-6-14)17-9-7-13(8-10-17)12-18-2/h7,14-16H,3-6,8-12H2,1-2H3. The first-order chi connectivity index (χ1) is 8.83. The van der Waals surface area contributed by atoms with Crippen molar-refractivity contribution in [2.75, 3.05) is 33.4 Å². The third-order valence-corrected chi connectivity index (χ3v) is 4.02. The fourth-order valence-corrected chi connectivity index (χ4v) is 2.71. The van der Waals surface area contributed by atoms with E-state index in [1.807, 2.05) is 0 Å². The van der Waals surface area contributed by atoms with Crippen LogP contribution in [0.1, 0.15) is 39.0 Å². The molecule has 0 saturated heterocycles. The van der Waals surface area contributed by atoms with E-state index in [0.29, 0.717) is 0 Å². The van der Waals surface area contributed by atoms with Crippen LogP contribution in [0.25, 0.3) is 0 Å². The average Bonchev–Trinajstić information content (AvgIpc) is 3.20. The molecule has 1 aliphatic carbocycles. The van der Waals surface area contributed by atoms with Gasteiger partial charge in [-0.2, -0.15) is 0 Å². The molecule has 0 aromatic carbocycles. The number of nitrogens with zero attached hydrogens (tertiary/aromatic N) is 1. The van der Waals surface area contributed by atoms with E-state index in [2.05, 4.69) is 23.2 Å². The number of methoxy groups -OCH3 is 1. The predicted octanol–water partition coefficient (Wildman–Crippen LogP) is 2.19. The average molecular weight is 252 g/mol. The van der Waals surface area contributed by atoms with Crippen molar-refractivity contribution >= 4 is 0 Å². The highest BCUT2D eigenvalue weighted by Crippen LogP contribution is 2.20. The second-order valence-corrected chi connectivity index (χ2v) is 5.67. The molecule has 2 rings (SSSR count). The van der Waals surface area contributed by atoms with Gasteiger partial charge in [0.25, 0.3) is 0 Å². The van der Waals surface area contributed by atoms with Crippen LogP contribution in [-0.2, 0) is 4.74 Å². The SMILES string of the molecule is CCCC(CNC1CC1)N1CC=C(COC)CC1. The Morgan fingerprint density at radius 2 is 2.33 bits per heavy atom. The van der Waals surface area contributed by atoms with Gasteiger partial charge < -0.3 is 10.1 Å². The summed E-state index contributed by atoms with van der Waals surface area (Å²) in [6.45, 7) is 6.58. The number of hydrogen-bond donors (Lipinski definition) is 1. The Hall–Kier alpha value is -0.380. The van der Waals surface area contributed by atoms with E-state index in [1.165, 1.54) is 50.8 Å². The van der Waals surface area contributed by atoms with Crippen molar-refractivity contribution in [2.24, 2.45) is 0 Å². The molecule has 1 unspecified atom stereocenters. The van der Waals surface area contributed by atoms with Gasteiger partial charge in [-0.3, -0.25) is 4.90 Å². The van der Waals surface area contributed by atoms with Gasteiger partial charge in [0, 0.05) is 38.8 Å². The monoisotopic (exact) mass is 252 g/mol. The van der Waals surface area contributed by atoms with Gasteiger partial charge in [0.15, 0.2) is 0 Å². The first-order valence-corrected chi connectivity index (χ1v) is 7.47. The molecule has 3 heteroatoms. The molecule has 0 radical (unpaired) electrons. The summed E-state index contributed by atoms with van der Waals surface area (Å²) in [5, 5.41) is 3.69. The van der Waals surface area contributed by atoms with Crippen LogP contribution in [0.3, 0.4) is 0 Å². The van der Waals surface area contributed by atoms with E-state index < -0.39 is 0 Å². The minimum atomic E-state index is 0.718. The van der Waals surface area contributed by atoms with Crippen molar-refractivity contribution in [3.05, 3.63) is 11.6 Å². The van der Waals surface area contributed by atoms with Gasteiger partial charge in [0.2, 0.25) is 0 Å². The van der Waals surface area contributed by atoms with Gasteiger partial charge in [-0.1, -0.05) is 19.4 Å². The molecule has 1 atom stereocenters. The summed E-state index contributed by atoms with van der Waals surface area (Å²) in [6.07, 6.45) is 8.91. The molecule has 18 heavy (non-hydrogen) atoms. The lowest BCUT2D eigenvalue weighted by Gasteiger charge is -2.34. The summed E-state index contributed by atoms with van der Waals surface area (Å²) in [6, 6.07) is 1.55. The maximum Gasteiger partial charge on any atom is 0.0673 e. The second kappa shape index (κ2) is 7.27. The third-order valence-electron chi connectivity index (χ3n) is 4.02. The number of ether oxygens (including phenoxy) is 1. The van der Waals surface area contributed by atoms with E-state index in [1.54, 1.807) is 7.11 Å². The lowest BCUT2D eigenvalue weighted by Crippen LogP contribution is -2.45. The molecule has 2 aliphatic rings. The molecule has 0 spiro atoms. The quantitative estimate of drug-likeness (QED) is 0.670. The summed E-state index contributed by atoms with van der Waals surface area (Å²) >= 11 is 0. The fraction of sp³-hybridized carbons (Fsp3) is 0.867. The van der Waals surface area contributed by atoms with Gasteiger partial charge >= 0.3 is 0 Å².